The second-order valence-corrected chi connectivity index (χ2v) is 3.98. The number of aromatic nitrogens is 1. The summed E-state index contributed by atoms with van der Waals surface area (Å²) in [6.45, 7) is 2.18. The van der Waals surface area contributed by atoms with E-state index < -0.39 is 0 Å². The molecular formula is C14H15NO2. The van der Waals surface area contributed by atoms with E-state index in [1.807, 2.05) is 12.1 Å². The summed E-state index contributed by atoms with van der Waals surface area (Å²) in [5, 5.41) is 0. The minimum Gasteiger partial charge on any atom is -0.440 e. The Morgan fingerprint density at radius 1 is 1.29 bits per heavy atom. The lowest BCUT2D eigenvalue weighted by Gasteiger charge is -2.01. The molecule has 0 N–H and O–H groups in total. The number of oxazole rings is 1. The molecule has 3 heteroatoms. The SMILES string of the molecule is CCCCc1ccc(-c2ncoc2C=O)cc1. The van der Waals surface area contributed by atoms with E-state index in [1.165, 1.54) is 24.8 Å². The normalized spacial score (nSPS) is 10.4. The summed E-state index contributed by atoms with van der Waals surface area (Å²) < 4.78 is 4.98. The van der Waals surface area contributed by atoms with Gasteiger partial charge in [-0.1, -0.05) is 37.6 Å². The van der Waals surface area contributed by atoms with Gasteiger partial charge in [-0.2, -0.15) is 0 Å². The van der Waals surface area contributed by atoms with E-state index in [0.29, 0.717) is 12.0 Å². The molecule has 0 amide bonds. The van der Waals surface area contributed by atoms with Crippen molar-refractivity contribution in [1.82, 2.24) is 4.98 Å². The highest BCUT2D eigenvalue weighted by molar-refractivity contribution is 5.81. The van der Waals surface area contributed by atoms with Crippen molar-refractivity contribution in [3.05, 3.63) is 42.0 Å². The fourth-order valence-corrected chi connectivity index (χ4v) is 1.77. The molecule has 0 aliphatic rings. The standard InChI is InChI=1S/C14H15NO2/c1-2-3-4-11-5-7-12(8-6-11)14-13(9-16)17-10-15-14/h5-10H,2-4H2,1H3. The van der Waals surface area contributed by atoms with Crippen molar-refractivity contribution >= 4 is 6.29 Å². The third kappa shape index (κ3) is 2.61. The second kappa shape index (κ2) is 5.43. The fourth-order valence-electron chi connectivity index (χ4n) is 1.77. The van der Waals surface area contributed by atoms with Gasteiger partial charge in [0.15, 0.2) is 18.4 Å². The molecule has 0 atom stereocenters. The van der Waals surface area contributed by atoms with Gasteiger partial charge in [-0.05, 0) is 18.4 Å². The molecule has 0 aliphatic heterocycles. The van der Waals surface area contributed by atoms with E-state index in [4.69, 9.17) is 4.42 Å². The molecule has 1 aromatic heterocycles. The molecule has 3 nitrogen and oxygen atoms in total. The van der Waals surface area contributed by atoms with Crippen LogP contribution in [0, 0.1) is 0 Å². The number of hydrogen-bond acceptors (Lipinski definition) is 3. The van der Waals surface area contributed by atoms with Crippen LogP contribution >= 0.6 is 0 Å². The Kier molecular flexibility index (Phi) is 3.70. The van der Waals surface area contributed by atoms with Crippen molar-refractivity contribution in [3.63, 3.8) is 0 Å². The summed E-state index contributed by atoms with van der Waals surface area (Å²) in [4.78, 5) is 14.8. The van der Waals surface area contributed by atoms with Crippen molar-refractivity contribution in [2.24, 2.45) is 0 Å². The van der Waals surface area contributed by atoms with Crippen LogP contribution in [0.4, 0.5) is 0 Å². The van der Waals surface area contributed by atoms with Gasteiger partial charge in [-0.25, -0.2) is 4.98 Å². The number of nitrogens with zero attached hydrogens (tertiary/aromatic N) is 1. The van der Waals surface area contributed by atoms with Gasteiger partial charge in [-0.15, -0.1) is 0 Å². The maximum atomic E-state index is 10.7. The van der Waals surface area contributed by atoms with Gasteiger partial charge in [0.25, 0.3) is 0 Å². The highest BCUT2D eigenvalue weighted by atomic mass is 16.3. The monoisotopic (exact) mass is 229 g/mol. The predicted molar refractivity (Wildman–Crippen MR) is 65.9 cm³/mol. The molecule has 0 saturated carbocycles. The van der Waals surface area contributed by atoms with Gasteiger partial charge in [0, 0.05) is 5.56 Å². The van der Waals surface area contributed by atoms with Crippen LogP contribution in [0.3, 0.4) is 0 Å². The summed E-state index contributed by atoms with van der Waals surface area (Å²) in [5.41, 5.74) is 2.84. The molecule has 1 aromatic carbocycles. The molecule has 1 heterocycles. The Morgan fingerprint density at radius 3 is 2.71 bits per heavy atom. The van der Waals surface area contributed by atoms with E-state index in [9.17, 15) is 4.79 Å². The van der Waals surface area contributed by atoms with E-state index in [2.05, 4.69) is 24.0 Å². The smallest absolute Gasteiger partial charge is 0.194 e. The van der Waals surface area contributed by atoms with E-state index in [0.717, 1.165) is 12.0 Å². The quantitative estimate of drug-likeness (QED) is 0.737. The maximum absolute atomic E-state index is 10.7. The number of aldehydes is 1. The summed E-state index contributed by atoms with van der Waals surface area (Å²) >= 11 is 0. The summed E-state index contributed by atoms with van der Waals surface area (Å²) in [6, 6.07) is 8.12. The summed E-state index contributed by atoms with van der Waals surface area (Å²) in [5.74, 6) is 0.284. The van der Waals surface area contributed by atoms with Crippen molar-refractivity contribution in [2.45, 2.75) is 26.2 Å². The maximum Gasteiger partial charge on any atom is 0.194 e. The van der Waals surface area contributed by atoms with Gasteiger partial charge in [0.1, 0.15) is 5.69 Å². The topological polar surface area (TPSA) is 43.1 Å². The Hall–Kier alpha value is -1.90. The van der Waals surface area contributed by atoms with Gasteiger partial charge < -0.3 is 4.42 Å². The van der Waals surface area contributed by atoms with E-state index >= 15 is 0 Å². The number of carbonyl (C=O) groups excluding carboxylic acids is 1. The molecular weight excluding hydrogens is 214 g/mol. The largest absolute Gasteiger partial charge is 0.440 e. The second-order valence-electron chi connectivity index (χ2n) is 3.98. The predicted octanol–water partition coefficient (Wildman–Crippen LogP) is 3.50. The van der Waals surface area contributed by atoms with Crippen LogP contribution in [0.5, 0.6) is 0 Å². The van der Waals surface area contributed by atoms with Crippen LogP contribution in [-0.4, -0.2) is 11.3 Å². The fraction of sp³-hybridized carbons (Fsp3) is 0.286. The zero-order valence-corrected chi connectivity index (χ0v) is 9.85. The first-order chi connectivity index (χ1) is 8.35. The Balaban J connectivity index is 2.20. The van der Waals surface area contributed by atoms with Gasteiger partial charge in [-0.3, -0.25) is 4.79 Å². The van der Waals surface area contributed by atoms with Crippen LogP contribution in [0.1, 0.15) is 35.9 Å². The van der Waals surface area contributed by atoms with Gasteiger partial charge >= 0.3 is 0 Å². The van der Waals surface area contributed by atoms with Crippen molar-refractivity contribution < 1.29 is 9.21 Å². The van der Waals surface area contributed by atoms with Crippen molar-refractivity contribution in [3.8, 4) is 11.3 Å². The van der Waals surface area contributed by atoms with Crippen molar-refractivity contribution in [2.75, 3.05) is 0 Å². The average molecular weight is 229 g/mol. The zero-order chi connectivity index (χ0) is 12.1. The highest BCUT2D eigenvalue weighted by Crippen LogP contribution is 2.21. The molecule has 88 valence electrons. The molecule has 0 unspecified atom stereocenters. The van der Waals surface area contributed by atoms with Gasteiger partial charge in [0.2, 0.25) is 0 Å². The number of aryl methyl sites for hydroxylation is 1. The zero-order valence-electron chi connectivity index (χ0n) is 9.85. The molecule has 2 aromatic rings. The third-order valence-corrected chi connectivity index (χ3v) is 2.75. The lowest BCUT2D eigenvalue weighted by atomic mass is 10.0. The van der Waals surface area contributed by atoms with Crippen LogP contribution in [0.2, 0.25) is 0 Å². The number of hydrogen-bond donors (Lipinski definition) is 0. The molecule has 0 saturated heterocycles. The molecule has 0 bridgehead atoms. The molecule has 17 heavy (non-hydrogen) atoms. The number of carbonyl (C=O) groups is 1. The van der Waals surface area contributed by atoms with Crippen LogP contribution < -0.4 is 0 Å². The molecule has 0 fully saturated rings. The first-order valence-corrected chi connectivity index (χ1v) is 5.83. The van der Waals surface area contributed by atoms with E-state index in [1.54, 1.807) is 0 Å². The Labute approximate surface area is 100 Å². The van der Waals surface area contributed by atoms with Crippen LogP contribution in [0.15, 0.2) is 35.1 Å². The minimum absolute atomic E-state index is 0.284. The first kappa shape index (κ1) is 11.6. The minimum atomic E-state index is 0.284. The summed E-state index contributed by atoms with van der Waals surface area (Å²) in [7, 11) is 0. The van der Waals surface area contributed by atoms with E-state index in [-0.39, 0.29) is 5.76 Å². The average Bonchev–Trinajstić information content (AvgIpc) is 2.85. The number of unbranched alkanes of at least 4 members (excludes halogenated alkanes) is 1. The third-order valence-electron chi connectivity index (χ3n) is 2.75. The first-order valence-electron chi connectivity index (χ1n) is 5.83. The molecule has 0 radical (unpaired) electrons. The molecule has 0 spiro atoms. The molecule has 0 aliphatic carbocycles. The Morgan fingerprint density at radius 2 is 2.06 bits per heavy atom. The van der Waals surface area contributed by atoms with Crippen LogP contribution in [-0.2, 0) is 6.42 Å². The molecule has 2 rings (SSSR count). The number of benzene rings is 1. The highest BCUT2D eigenvalue weighted by Gasteiger charge is 2.09. The summed E-state index contributed by atoms with van der Waals surface area (Å²) in [6.07, 6.45) is 5.47. The lowest BCUT2D eigenvalue weighted by molar-refractivity contribution is 0.110. The van der Waals surface area contributed by atoms with Gasteiger partial charge in [0.05, 0.1) is 0 Å². The van der Waals surface area contributed by atoms with Crippen molar-refractivity contribution in [1.29, 1.82) is 0 Å². The number of rotatable bonds is 5. The Bertz CT molecular complexity index is 485. The lowest BCUT2D eigenvalue weighted by Crippen LogP contribution is -1.87. The van der Waals surface area contributed by atoms with Crippen LogP contribution in [0.25, 0.3) is 11.3 Å².